The average molecular weight is 288 g/mol. The Balaban J connectivity index is 2.08. The Kier molecular flexibility index (Phi) is 4.37. The minimum Gasteiger partial charge on any atom is -0.548 e. The van der Waals surface area contributed by atoms with E-state index in [1.165, 1.54) is 6.08 Å². The van der Waals surface area contributed by atoms with Crippen LogP contribution in [0.5, 0.6) is 0 Å². The van der Waals surface area contributed by atoms with Crippen LogP contribution in [0.3, 0.4) is 0 Å². The van der Waals surface area contributed by atoms with Crippen LogP contribution in [-0.4, -0.2) is 28.6 Å². The van der Waals surface area contributed by atoms with Crippen LogP contribution < -0.4 is 5.11 Å². The first-order valence-corrected chi connectivity index (χ1v) is 6.56. The fourth-order valence-corrected chi connectivity index (χ4v) is 2.38. The zero-order valence-corrected chi connectivity index (χ0v) is 11.1. The van der Waals surface area contributed by atoms with Gasteiger partial charge in [-0.3, -0.25) is 14.5 Å². The molecule has 0 atom stereocenters. The van der Waals surface area contributed by atoms with E-state index in [9.17, 15) is 19.5 Å². The number of hydrogen-bond donors (Lipinski definition) is 0. The third-order valence-corrected chi connectivity index (χ3v) is 3.42. The number of benzene rings is 1. The van der Waals surface area contributed by atoms with E-state index in [4.69, 9.17) is 0 Å². The van der Waals surface area contributed by atoms with E-state index >= 15 is 0 Å². The van der Waals surface area contributed by atoms with Crippen LogP contribution in [0, 0.1) is 0 Å². The Morgan fingerprint density at radius 3 is 2.60 bits per heavy atom. The Hall–Kier alpha value is -2.34. The number of carboxylic acids is 1. The summed E-state index contributed by atoms with van der Waals surface area (Å²) in [6, 6.07) is 9.45. The third kappa shape index (κ3) is 3.36. The molecule has 1 aliphatic heterocycles. The Morgan fingerprint density at radius 2 is 1.95 bits per heavy atom. The molecule has 0 aromatic heterocycles. The number of thioether (sulfide) groups is 1. The molecule has 1 aromatic carbocycles. The first kappa shape index (κ1) is 14.1. The molecule has 1 heterocycles. The maximum Gasteiger partial charge on any atom is 0.293 e. The van der Waals surface area contributed by atoms with Crippen LogP contribution in [0.4, 0.5) is 4.79 Å². The molecule has 20 heavy (non-hydrogen) atoms. The van der Waals surface area contributed by atoms with Gasteiger partial charge in [0.25, 0.3) is 11.1 Å². The molecule has 0 spiro atoms. The molecule has 0 unspecified atom stereocenters. The van der Waals surface area contributed by atoms with E-state index < -0.39 is 23.7 Å². The van der Waals surface area contributed by atoms with Gasteiger partial charge in [-0.05, 0) is 23.4 Å². The van der Waals surface area contributed by atoms with Crippen molar-refractivity contribution >= 4 is 35.0 Å². The first-order chi connectivity index (χ1) is 9.58. The van der Waals surface area contributed by atoms with Crippen LogP contribution in [0.1, 0.15) is 5.56 Å². The molecule has 1 saturated heterocycles. The lowest BCUT2D eigenvalue weighted by Crippen LogP contribution is -2.40. The smallest absolute Gasteiger partial charge is 0.293 e. The highest BCUT2D eigenvalue weighted by molar-refractivity contribution is 8.18. The summed E-state index contributed by atoms with van der Waals surface area (Å²) in [6.07, 6.45) is 4.92. The summed E-state index contributed by atoms with van der Waals surface area (Å²) in [4.78, 5) is 34.6. The fraction of sp³-hybridized carbons (Fsp3) is 0.0714. The van der Waals surface area contributed by atoms with Gasteiger partial charge in [0.1, 0.15) is 0 Å². The number of nitrogens with zero attached hydrogens (tertiary/aromatic N) is 1. The summed E-state index contributed by atoms with van der Waals surface area (Å²) < 4.78 is 0. The zero-order valence-electron chi connectivity index (χ0n) is 10.3. The van der Waals surface area contributed by atoms with E-state index in [1.807, 2.05) is 30.3 Å². The van der Waals surface area contributed by atoms with Crippen molar-refractivity contribution in [3.63, 3.8) is 0 Å². The number of carbonyl (C=O) groups is 3. The maximum atomic E-state index is 11.8. The van der Waals surface area contributed by atoms with Crippen molar-refractivity contribution in [1.82, 2.24) is 4.90 Å². The van der Waals surface area contributed by atoms with E-state index in [1.54, 1.807) is 12.2 Å². The monoisotopic (exact) mass is 288 g/mol. The predicted octanol–water partition coefficient (Wildman–Crippen LogP) is 1.03. The standard InChI is InChI=1S/C14H11NO4S/c16-12(17)9-15-13(18)11(20-14(15)19)8-4-7-10-5-2-1-3-6-10/h1-8H,9H2,(H,16,17)/p-1/b7-4-,11-8+. The van der Waals surface area contributed by atoms with Crippen molar-refractivity contribution in [2.45, 2.75) is 0 Å². The minimum atomic E-state index is -1.46. The number of amides is 2. The number of allylic oxidation sites excluding steroid dienone is 2. The van der Waals surface area contributed by atoms with Gasteiger partial charge in [0.15, 0.2) is 0 Å². The largest absolute Gasteiger partial charge is 0.548 e. The lowest BCUT2D eigenvalue weighted by atomic mass is 10.2. The molecular formula is C14H10NO4S-. The van der Waals surface area contributed by atoms with E-state index in [0.29, 0.717) is 16.7 Å². The fourth-order valence-electron chi connectivity index (χ4n) is 1.59. The van der Waals surface area contributed by atoms with E-state index in [0.717, 1.165) is 5.56 Å². The predicted molar refractivity (Wildman–Crippen MR) is 73.3 cm³/mol. The summed E-state index contributed by atoms with van der Waals surface area (Å²) in [5.74, 6) is -2.07. The van der Waals surface area contributed by atoms with Gasteiger partial charge in [-0.1, -0.05) is 42.5 Å². The summed E-state index contributed by atoms with van der Waals surface area (Å²) in [7, 11) is 0. The van der Waals surface area contributed by atoms with Crippen LogP contribution in [0.25, 0.3) is 6.08 Å². The van der Waals surface area contributed by atoms with Gasteiger partial charge in [0.2, 0.25) is 0 Å². The maximum absolute atomic E-state index is 11.8. The van der Waals surface area contributed by atoms with Gasteiger partial charge in [-0.25, -0.2) is 0 Å². The van der Waals surface area contributed by atoms with Crippen molar-refractivity contribution in [3.05, 3.63) is 53.0 Å². The molecule has 0 aliphatic carbocycles. The van der Waals surface area contributed by atoms with Crippen LogP contribution in [0.15, 0.2) is 47.4 Å². The van der Waals surface area contributed by atoms with Crippen molar-refractivity contribution in [1.29, 1.82) is 0 Å². The molecule has 1 fully saturated rings. The second kappa shape index (κ2) is 6.21. The zero-order chi connectivity index (χ0) is 14.5. The summed E-state index contributed by atoms with van der Waals surface area (Å²) in [5.41, 5.74) is 0.956. The molecule has 102 valence electrons. The number of rotatable bonds is 4. The molecule has 6 heteroatoms. The highest BCUT2D eigenvalue weighted by Crippen LogP contribution is 2.30. The van der Waals surface area contributed by atoms with Gasteiger partial charge in [0.05, 0.1) is 17.4 Å². The van der Waals surface area contributed by atoms with Gasteiger partial charge < -0.3 is 9.90 Å². The lowest BCUT2D eigenvalue weighted by Gasteiger charge is -2.11. The number of imide groups is 1. The van der Waals surface area contributed by atoms with Crippen LogP contribution in [0.2, 0.25) is 0 Å². The molecule has 0 N–H and O–H groups in total. The lowest BCUT2D eigenvalue weighted by molar-refractivity contribution is -0.305. The van der Waals surface area contributed by atoms with Crippen molar-refractivity contribution in [3.8, 4) is 0 Å². The Morgan fingerprint density at radius 1 is 1.25 bits per heavy atom. The molecule has 2 amide bonds. The highest BCUT2D eigenvalue weighted by atomic mass is 32.2. The third-order valence-electron chi connectivity index (χ3n) is 2.50. The Labute approximate surface area is 119 Å². The number of carbonyl (C=O) groups excluding carboxylic acids is 3. The second-order valence-electron chi connectivity index (χ2n) is 3.93. The number of hydrogen-bond acceptors (Lipinski definition) is 5. The molecule has 0 saturated carbocycles. The molecule has 5 nitrogen and oxygen atoms in total. The molecule has 1 aliphatic rings. The van der Waals surface area contributed by atoms with Gasteiger partial charge in [-0.2, -0.15) is 0 Å². The van der Waals surface area contributed by atoms with Crippen molar-refractivity contribution < 1.29 is 19.5 Å². The normalized spacial score (nSPS) is 17.4. The molecule has 2 rings (SSSR count). The molecule has 1 aromatic rings. The number of aliphatic carboxylic acids is 1. The highest BCUT2D eigenvalue weighted by Gasteiger charge is 2.34. The van der Waals surface area contributed by atoms with Crippen LogP contribution in [-0.2, 0) is 9.59 Å². The minimum absolute atomic E-state index is 0.198. The second-order valence-corrected chi connectivity index (χ2v) is 4.93. The van der Waals surface area contributed by atoms with Crippen molar-refractivity contribution in [2.24, 2.45) is 0 Å². The molecular weight excluding hydrogens is 278 g/mol. The Bertz CT molecular complexity index is 607. The van der Waals surface area contributed by atoms with Crippen molar-refractivity contribution in [2.75, 3.05) is 6.54 Å². The van der Waals surface area contributed by atoms with Crippen LogP contribution >= 0.6 is 11.8 Å². The summed E-state index contributed by atoms with van der Waals surface area (Å²) >= 11 is 0.715. The van der Waals surface area contributed by atoms with Gasteiger partial charge in [0, 0.05) is 0 Å². The topological polar surface area (TPSA) is 77.5 Å². The average Bonchev–Trinajstić information content (AvgIpc) is 2.67. The summed E-state index contributed by atoms with van der Waals surface area (Å²) in [6.45, 7) is -0.718. The first-order valence-electron chi connectivity index (χ1n) is 5.75. The summed E-state index contributed by atoms with van der Waals surface area (Å²) in [5, 5.41) is 9.85. The quantitative estimate of drug-likeness (QED) is 0.773. The van der Waals surface area contributed by atoms with E-state index in [2.05, 4.69) is 0 Å². The SMILES string of the molecule is O=C([O-])CN1C(=O)S/C(=C/C=C\c2ccccc2)C1=O. The molecule has 0 radical (unpaired) electrons. The molecule has 0 bridgehead atoms. The number of carboxylic acid groups (broad SMARTS) is 1. The van der Waals surface area contributed by atoms with E-state index in [-0.39, 0.29) is 4.91 Å². The van der Waals surface area contributed by atoms with Gasteiger partial charge in [-0.15, -0.1) is 0 Å². The van der Waals surface area contributed by atoms with Gasteiger partial charge >= 0.3 is 0 Å².